The molecule has 5 heteroatoms. The Morgan fingerprint density at radius 3 is 2.23 bits per heavy atom. The lowest BCUT2D eigenvalue weighted by molar-refractivity contribution is -0.132. The summed E-state index contributed by atoms with van der Waals surface area (Å²) >= 11 is 0. The van der Waals surface area contributed by atoms with Crippen LogP contribution in [0.4, 0.5) is 4.39 Å². The van der Waals surface area contributed by atoms with Gasteiger partial charge in [-0.1, -0.05) is 42.5 Å². The molecule has 1 aliphatic rings. The molecule has 2 aromatic rings. The number of hydrogen-bond donors (Lipinski definition) is 0. The van der Waals surface area contributed by atoms with Crippen LogP contribution in [0.2, 0.25) is 0 Å². The van der Waals surface area contributed by atoms with Crippen molar-refractivity contribution in [2.75, 3.05) is 6.54 Å². The van der Waals surface area contributed by atoms with Crippen molar-refractivity contribution < 1.29 is 18.8 Å². The molecule has 0 saturated carbocycles. The van der Waals surface area contributed by atoms with Gasteiger partial charge in [0, 0.05) is 18.5 Å². The van der Waals surface area contributed by atoms with Crippen molar-refractivity contribution in [2.45, 2.75) is 25.8 Å². The number of hydrogen-bond acceptors (Lipinski definition) is 3. The van der Waals surface area contributed by atoms with Crippen LogP contribution in [0.5, 0.6) is 0 Å². The minimum Gasteiger partial charge on any atom is -0.334 e. The van der Waals surface area contributed by atoms with E-state index in [9.17, 15) is 18.8 Å². The van der Waals surface area contributed by atoms with E-state index < -0.39 is 17.8 Å². The molecular formula is C21H20FNO3. The molecule has 1 saturated heterocycles. The van der Waals surface area contributed by atoms with Crippen molar-refractivity contribution >= 4 is 17.5 Å². The zero-order valence-corrected chi connectivity index (χ0v) is 14.5. The molecule has 0 radical (unpaired) electrons. The Labute approximate surface area is 151 Å². The Bertz CT molecular complexity index is 817. The second kappa shape index (κ2) is 7.60. The summed E-state index contributed by atoms with van der Waals surface area (Å²) in [6.45, 7) is 1.84. The lowest BCUT2D eigenvalue weighted by Crippen LogP contribution is -2.41. The highest BCUT2D eigenvalue weighted by Crippen LogP contribution is 2.35. The second-order valence-corrected chi connectivity index (χ2v) is 6.51. The summed E-state index contributed by atoms with van der Waals surface area (Å²) in [5.74, 6) is -2.16. The molecule has 1 amide bonds. The molecule has 0 bridgehead atoms. The van der Waals surface area contributed by atoms with E-state index >= 15 is 0 Å². The molecule has 134 valence electrons. The number of Topliss-reactive ketones (excluding diaryl/α,β-unsaturated/α-hetero) is 2. The van der Waals surface area contributed by atoms with E-state index in [2.05, 4.69) is 0 Å². The van der Waals surface area contributed by atoms with Gasteiger partial charge in [0.2, 0.25) is 5.91 Å². The van der Waals surface area contributed by atoms with E-state index in [0.29, 0.717) is 30.5 Å². The number of nitrogens with zero attached hydrogens (tertiary/aromatic N) is 1. The van der Waals surface area contributed by atoms with Crippen LogP contribution in [0.25, 0.3) is 0 Å². The molecule has 0 N–H and O–H groups in total. The normalized spacial score (nSPS) is 16.4. The fourth-order valence-corrected chi connectivity index (χ4v) is 3.51. The van der Waals surface area contributed by atoms with Gasteiger partial charge in [0.15, 0.2) is 5.78 Å². The number of likely N-dealkylation sites (tertiary alicyclic amines) is 1. The summed E-state index contributed by atoms with van der Waals surface area (Å²) in [6.07, 6.45) is 1.07. The van der Waals surface area contributed by atoms with Crippen molar-refractivity contribution in [3.05, 3.63) is 71.5 Å². The Morgan fingerprint density at radius 2 is 1.69 bits per heavy atom. The fraction of sp³-hybridized carbons (Fsp3) is 0.286. The summed E-state index contributed by atoms with van der Waals surface area (Å²) in [7, 11) is 0. The van der Waals surface area contributed by atoms with Crippen LogP contribution < -0.4 is 0 Å². The Kier molecular flexibility index (Phi) is 5.26. The number of amides is 1. The standard InChI is InChI=1S/C21H20FNO3/c1-14(24)19(21(26)16-6-3-2-4-7-16)20(23-13-5-8-18(23)25)15-9-11-17(22)12-10-15/h2-4,6-7,9-12,19-20H,5,8,13H2,1H3. The maximum absolute atomic E-state index is 13.4. The molecule has 0 aromatic heterocycles. The number of halogens is 1. The third kappa shape index (κ3) is 3.57. The predicted molar refractivity (Wildman–Crippen MR) is 95.0 cm³/mol. The first-order valence-corrected chi connectivity index (χ1v) is 8.63. The third-order valence-electron chi connectivity index (χ3n) is 4.75. The van der Waals surface area contributed by atoms with Gasteiger partial charge in [-0.15, -0.1) is 0 Å². The quantitative estimate of drug-likeness (QED) is 0.589. The monoisotopic (exact) mass is 353 g/mol. The average molecular weight is 353 g/mol. The van der Waals surface area contributed by atoms with Crippen LogP contribution in [0.1, 0.15) is 41.7 Å². The van der Waals surface area contributed by atoms with E-state index in [0.717, 1.165) is 0 Å². The molecule has 1 fully saturated rings. The molecule has 4 nitrogen and oxygen atoms in total. The highest BCUT2D eigenvalue weighted by atomic mass is 19.1. The number of benzene rings is 2. The van der Waals surface area contributed by atoms with Crippen molar-refractivity contribution in [3.63, 3.8) is 0 Å². The van der Waals surface area contributed by atoms with Gasteiger partial charge in [0.05, 0.1) is 6.04 Å². The lowest BCUT2D eigenvalue weighted by Gasteiger charge is -2.33. The predicted octanol–water partition coefficient (Wildman–Crippen LogP) is 3.58. The molecule has 26 heavy (non-hydrogen) atoms. The molecule has 3 rings (SSSR count). The molecule has 1 heterocycles. The first kappa shape index (κ1) is 18.0. The van der Waals surface area contributed by atoms with Crippen molar-refractivity contribution in [3.8, 4) is 0 Å². The van der Waals surface area contributed by atoms with Crippen LogP contribution in [0.15, 0.2) is 54.6 Å². The summed E-state index contributed by atoms with van der Waals surface area (Å²) < 4.78 is 13.4. The SMILES string of the molecule is CC(=O)C(C(=O)c1ccccc1)C(c1ccc(F)cc1)N1CCCC1=O. The van der Waals surface area contributed by atoms with Crippen LogP contribution in [-0.2, 0) is 9.59 Å². The fourth-order valence-electron chi connectivity index (χ4n) is 3.51. The maximum Gasteiger partial charge on any atom is 0.223 e. The summed E-state index contributed by atoms with van der Waals surface area (Å²) in [4.78, 5) is 39.5. The number of carbonyl (C=O) groups is 3. The number of carbonyl (C=O) groups excluding carboxylic acids is 3. The van der Waals surface area contributed by atoms with Gasteiger partial charge in [-0.25, -0.2) is 4.39 Å². The molecule has 0 aliphatic carbocycles. The summed E-state index contributed by atoms with van der Waals surface area (Å²) in [5.41, 5.74) is 1.01. The van der Waals surface area contributed by atoms with Gasteiger partial charge in [0.1, 0.15) is 17.5 Å². The number of ketones is 2. The number of rotatable bonds is 6. The largest absolute Gasteiger partial charge is 0.334 e. The minimum absolute atomic E-state index is 0.0913. The zero-order valence-electron chi connectivity index (χ0n) is 14.5. The van der Waals surface area contributed by atoms with Gasteiger partial charge in [-0.3, -0.25) is 14.4 Å². The van der Waals surface area contributed by atoms with Gasteiger partial charge < -0.3 is 4.90 Å². The Balaban J connectivity index is 2.07. The summed E-state index contributed by atoms with van der Waals surface area (Å²) in [6, 6.07) is 13.5. The van der Waals surface area contributed by atoms with E-state index in [1.54, 1.807) is 47.4 Å². The summed E-state index contributed by atoms with van der Waals surface area (Å²) in [5, 5.41) is 0. The molecule has 2 aromatic carbocycles. The van der Waals surface area contributed by atoms with E-state index in [1.807, 2.05) is 0 Å². The van der Waals surface area contributed by atoms with Gasteiger partial charge in [-0.05, 0) is 31.0 Å². The highest BCUT2D eigenvalue weighted by molar-refractivity contribution is 6.11. The Morgan fingerprint density at radius 1 is 1.04 bits per heavy atom. The van der Waals surface area contributed by atoms with Crippen LogP contribution >= 0.6 is 0 Å². The smallest absolute Gasteiger partial charge is 0.223 e. The van der Waals surface area contributed by atoms with Crippen LogP contribution in [0.3, 0.4) is 0 Å². The second-order valence-electron chi connectivity index (χ2n) is 6.51. The zero-order chi connectivity index (χ0) is 18.7. The molecule has 1 aliphatic heterocycles. The Hall–Kier alpha value is -2.82. The van der Waals surface area contributed by atoms with E-state index in [-0.39, 0.29) is 17.5 Å². The van der Waals surface area contributed by atoms with E-state index in [4.69, 9.17) is 0 Å². The first-order valence-electron chi connectivity index (χ1n) is 8.63. The van der Waals surface area contributed by atoms with Crippen LogP contribution in [-0.4, -0.2) is 28.9 Å². The van der Waals surface area contributed by atoms with Crippen LogP contribution in [0, 0.1) is 11.7 Å². The highest BCUT2D eigenvalue weighted by Gasteiger charge is 2.41. The average Bonchev–Trinajstić information content (AvgIpc) is 3.06. The van der Waals surface area contributed by atoms with Crippen molar-refractivity contribution in [1.82, 2.24) is 4.90 Å². The molecular weight excluding hydrogens is 333 g/mol. The molecule has 2 atom stereocenters. The first-order chi connectivity index (χ1) is 12.5. The van der Waals surface area contributed by atoms with Gasteiger partial charge in [0.25, 0.3) is 0 Å². The topological polar surface area (TPSA) is 54.5 Å². The maximum atomic E-state index is 13.4. The molecule has 0 spiro atoms. The van der Waals surface area contributed by atoms with E-state index in [1.165, 1.54) is 19.1 Å². The molecule has 2 unspecified atom stereocenters. The minimum atomic E-state index is -1.02. The van der Waals surface area contributed by atoms with Gasteiger partial charge >= 0.3 is 0 Å². The van der Waals surface area contributed by atoms with Gasteiger partial charge in [-0.2, -0.15) is 0 Å². The van der Waals surface area contributed by atoms with Crippen molar-refractivity contribution in [2.24, 2.45) is 5.92 Å². The third-order valence-corrected chi connectivity index (χ3v) is 4.75. The lowest BCUT2D eigenvalue weighted by atomic mass is 9.83. The van der Waals surface area contributed by atoms with Crippen molar-refractivity contribution in [1.29, 1.82) is 0 Å².